The molecule has 166 valence electrons. The lowest BCUT2D eigenvalue weighted by atomic mass is 10.2. The number of benzene rings is 1. The quantitative estimate of drug-likeness (QED) is 0.295. The number of thiazole rings is 1. The molecule has 0 spiro atoms. The molecular weight excluding hydrogens is 429 g/mol. The lowest BCUT2D eigenvalue weighted by molar-refractivity contribution is 0.102. The van der Waals surface area contributed by atoms with Gasteiger partial charge in [-0.1, -0.05) is 17.4 Å². The molecule has 0 bridgehead atoms. The van der Waals surface area contributed by atoms with Crippen LogP contribution in [0.1, 0.15) is 42.7 Å². The number of carbonyl (C=O) groups is 1. The number of fused-ring (bicyclic) bond motifs is 1. The first-order valence-electron chi connectivity index (χ1n) is 10.4. The Morgan fingerprint density at radius 3 is 2.81 bits per heavy atom. The first kappa shape index (κ1) is 21.8. The summed E-state index contributed by atoms with van der Waals surface area (Å²) in [6, 6.07) is 7.52. The van der Waals surface area contributed by atoms with Gasteiger partial charge >= 0.3 is 0 Å². The van der Waals surface area contributed by atoms with Gasteiger partial charge in [-0.3, -0.25) is 15.6 Å². The van der Waals surface area contributed by atoms with E-state index in [-0.39, 0.29) is 23.3 Å². The van der Waals surface area contributed by atoms with Crippen molar-refractivity contribution in [1.29, 1.82) is 10.8 Å². The molecule has 0 saturated heterocycles. The number of anilines is 2. The van der Waals surface area contributed by atoms with E-state index < -0.39 is 11.7 Å². The van der Waals surface area contributed by atoms with Crippen molar-refractivity contribution in [2.24, 2.45) is 5.92 Å². The van der Waals surface area contributed by atoms with Gasteiger partial charge in [0, 0.05) is 18.7 Å². The summed E-state index contributed by atoms with van der Waals surface area (Å²) in [5, 5.41) is 22.4. The van der Waals surface area contributed by atoms with Gasteiger partial charge in [0.2, 0.25) is 0 Å². The molecule has 4 N–H and O–H groups in total. The van der Waals surface area contributed by atoms with Crippen LogP contribution < -0.4 is 10.6 Å². The molecular formula is C22H24FN7OS. The number of pyridine rings is 1. The van der Waals surface area contributed by atoms with Gasteiger partial charge in [0.25, 0.3) is 5.91 Å². The molecule has 1 amide bonds. The van der Waals surface area contributed by atoms with Gasteiger partial charge < -0.3 is 15.5 Å². The Balaban J connectivity index is 1.52. The molecule has 2 heterocycles. The van der Waals surface area contributed by atoms with Crippen molar-refractivity contribution in [3.05, 3.63) is 47.4 Å². The molecule has 1 saturated carbocycles. The number of amidine groups is 1. The summed E-state index contributed by atoms with van der Waals surface area (Å²) in [6.07, 6.45) is 3.51. The molecule has 0 unspecified atom stereocenters. The van der Waals surface area contributed by atoms with Crippen molar-refractivity contribution in [2.45, 2.75) is 32.7 Å². The Morgan fingerprint density at radius 1 is 1.34 bits per heavy atom. The van der Waals surface area contributed by atoms with Crippen LogP contribution in [-0.2, 0) is 0 Å². The highest BCUT2D eigenvalue weighted by molar-refractivity contribution is 7.22. The van der Waals surface area contributed by atoms with Crippen LogP contribution in [0.2, 0.25) is 0 Å². The molecule has 2 aromatic heterocycles. The summed E-state index contributed by atoms with van der Waals surface area (Å²) in [5.74, 6) is -0.366. The van der Waals surface area contributed by atoms with Crippen LogP contribution in [0.3, 0.4) is 0 Å². The average molecular weight is 454 g/mol. The highest BCUT2D eigenvalue weighted by atomic mass is 32.1. The van der Waals surface area contributed by atoms with E-state index in [0.29, 0.717) is 17.1 Å². The highest BCUT2D eigenvalue weighted by Crippen LogP contribution is 2.32. The number of nitrogens with zero attached hydrogens (tertiary/aromatic N) is 3. The largest absolute Gasteiger partial charge is 0.361 e. The third kappa shape index (κ3) is 4.75. The number of carbonyl (C=O) groups excluding carboxylic acids is 1. The normalized spacial score (nSPS) is 13.2. The standard InChI is InChI=1S/C22H24FN7OS/c1-12(2)30(11-24)20(25)16-4-3-5-19(27-16)29-21(31)14-8-18-17(9-15(14)23)28-22(32-18)26-10-13-6-7-13/h3-5,8-9,11-13,24-25H,6-7,10H2,1-2H3,(H,26,28)(H,27,29,31). The molecule has 8 nitrogen and oxygen atoms in total. The smallest absolute Gasteiger partial charge is 0.259 e. The summed E-state index contributed by atoms with van der Waals surface area (Å²) in [5.41, 5.74) is 0.710. The van der Waals surface area contributed by atoms with Crippen molar-refractivity contribution in [3.8, 4) is 0 Å². The van der Waals surface area contributed by atoms with E-state index >= 15 is 0 Å². The predicted molar refractivity (Wildman–Crippen MR) is 126 cm³/mol. The third-order valence-corrected chi connectivity index (χ3v) is 6.12. The number of aromatic nitrogens is 2. The van der Waals surface area contributed by atoms with E-state index in [1.807, 2.05) is 13.8 Å². The van der Waals surface area contributed by atoms with E-state index in [4.69, 9.17) is 10.8 Å². The number of amides is 1. The summed E-state index contributed by atoms with van der Waals surface area (Å²) >= 11 is 1.39. The van der Waals surface area contributed by atoms with Crippen LogP contribution in [0.15, 0.2) is 30.3 Å². The summed E-state index contributed by atoms with van der Waals surface area (Å²) in [4.78, 5) is 22.9. The SMILES string of the molecule is CC(C)N(C=N)C(=N)c1cccc(NC(=O)c2cc3sc(NCC4CC4)nc3cc2F)n1. The summed E-state index contributed by atoms with van der Waals surface area (Å²) in [7, 11) is 0. The average Bonchev–Trinajstić information content (AvgIpc) is 3.50. The number of hydrogen-bond donors (Lipinski definition) is 4. The second kappa shape index (κ2) is 8.99. The van der Waals surface area contributed by atoms with Gasteiger partial charge in [0.05, 0.1) is 22.1 Å². The third-order valence-electron chi connectivity index (χ3n) is 5.15. The zero-order chi connectivity index (χ0) is 22.8. The molecule has 0 aliphatic heterocycles. The fourth-order valence-corrected chi connectivity index (χ4v) is 4.07. The fraction of sp³-hybridized carbons (Fsp3) is 0.318. The van der Waals surface area contributed by atoms with Crippen LogP contribution in [0.4, 0.5) is 15.3 Å². The number of halogens is 1. The molecule has 0 radical (unpaired) electrons. The highest BCUT2D eigenvalue weighted by Gasteiger charge is 2.22. The molecule has 10 heteroatoms. The summed E-state index contributed by atoms with van der Waals surface area (Å²) in [6.45, 7) is 4.58. The van der Waals surface area contributed by atoms with Gasteiger partial charge in [0.15, 0.2) is 11.0 Å². The fourth-order valence-electron chi connectivity index (χ4n) is 3.18. The van der Waals surface area contributed by atoms with Crippen LogP contribution in [-0.4, -0.2) is 45.5 Å². The zero-order valence-corrected chi connectivity index (χ0v) is 18.6. The Labute approximate surface area is 188 Å². The monoisotopic (exact) mass is 453 g/mol. The maximum atomic E-state index is 14.7. The molecule has 1 aliphatic rings. The van der Waals surface area contributed by atoms with E-state index in [9.17, 15) is 9.18 Å². The molecule has 4 rings (SSSR count). The van der Waals surface area contributed by atoms with Crippen molar-refractivity contribution in [1.82, 2.24) is 14.9 Å². The van der Waals surface area contributed by atoms with Gasteiger partial charge in [-0.15, -0.1) is 0 Å². The molecule has 1 fully saturated rings. The second-order valence-electron chi connectivity index (χ2n) is 7.98. The van der Waals surface area contributed by atoms with Crippen molar-refractivity contribution in [2.75, 3.05) is 17.2 Å². The van der Waals surface area contributed by atoms with Crippen LogP contribution >= 0.6 is 11.3 Å². The van der Waals surface area contributed by atoms with Crippen molar-refractivity contribution >= 4 is 50.6 Å². The molecule has 32 heavy (non-hydrogen) atoms. The molecule has 3 aromatic rings. The van der Waals surface area contributed by atoms with Crippen LogP contribution in [0.5, 0.6) is 0 Å². The van der Waals surface area contributed by atoms with E-state index in [1.165, 1.54) is 41.2 Å². The van der Waals surface area contributed by atoms with E-state index in [0.717, 1.165) is 22.7 Å². The molecule has 0 atom stereocenters. The molecule has 1 aromatic carbocycles. The van der Waals surface area contributed by atoms with Crippen LogP contribution in [0.25, 0.3) is 10.2 Å². The van der Waals surface area contributed by atoms with Crippen molar-refractivity contribution in [3.63, 3.8) is 0 Å². The minimum Gasteiger partial charge on any atom is -0.361 e. The second-order valence-corrected chi connectivity index (χ2v) is 9.01. The zero-order valence-electron chi connectivity index (χ0n) is 17.8. The van der Waals surface area contributed by atoms with Gasteiger partial charge in [-0.2, -0.15) is 0 Å². The maximum Gasteiger partial charge on any atom is 0.259 e. The number of nitrogens with one attached hydrogen (secondary N) is 4. The minimum atomic E-state index is -0.660. The Bertz CT molecular complexity index is 1190. The first-order chi connectivity index (χ1) is 15.4. The molecule has 1 aliphatic carbocycles. The Morgan fingerprint density at radius 2 is 2.12 bits per heavy atom. The van der Waals surface area contributed by atoms with Gasteiger partial charge in [-0.05, 0) is 50.8 Å². The Hall–Kier alpha value is -3.40. The van der Waals surface area contributed by atoms with Crippen molar-refractivity contribution < 1.29 is 9.18 Å². The van der Waals surface area contributed by atoms with Crippen LogP contribution in [0, 0.1) is 22.6 Å². The lowest BCUT2D eigenvalue weighted by Gasteiger charge is -2.23. The number of hydrogen-bond acceptors (Lipinski definition) is 7. The topological polar surface area (TPSA) is 118 Å². The first-order valence-corrected chi connectivity index (χ1v) is 11.2. The van der Waals surface area contributed by atoms with Gasteiger partial charge in [-0.25, -0.2) is 14.4 Å². The van der Waals surface area contributed by atoms with E-state index in [1.54, 1.807) is 18.2 Å². The van der Waals surface area contributed by atoms with E-state index in [2.05, 4.69) is 20.6 Å². The van der Waals surface area contributed by atoms with Gasteiger partial charge in [0.1, 0.15) is 17.3 Å². The Kier molecular flexibility index (Phi) is 6.13. The predicted octanol–water partition coefficient (Wildman–Crippen LogP) is 4.55. The number of rotatable bonds is 8. The lowest BCUT2D eigenvalue weighted by Crippen LogP contribution is -2.36. The maximum absolute atomic E-state index is 14.7. The summed E-state index contributed by atoms with van der Waals surface area (Å²) < 4.78 is 15.4. The minimum absolute atomic E-state index is 0.0367.